The lowest BCUT2D eigenvalue weighted by atomic mass is 10.1. The van der Waals surface area contributed by atoms with Crippen LogP contribution in [0.4, 0.5) is 11.4 Å². The van der Waals surface area contributed by atoms with Gasteiger partial charge in [-0.1, -0.05) is 6.92 Å². The molecule has 1 aromatic rings. The summed E-state index contributed by atoms with van der Waals surface area (Å²) in [7, 11) is 0. The molecule has 1 aliphatic carbocycles. The summed E-state index contributed by atoms with van der Waals surface area (Å²) in [5.41, 5.74) is 1.29. The zero-order valence-electron chi connectivity index (χ0n) is 13.6. The number of carbonyl (C=O) groups is 1. The smallest absolute Gasteiger partial charge is 0.233 e. The fourth-order valence-electron chi connectivity index (χ4n) is 2.99. The van der Waals surface area contributed by atoms with E-state index in [1.54, 1.807) is 6.92 Å². The first-order chi connectivity index (χ1) is 10.9. The predicted octanol–water partition coefficient (Wildman–Crippen LogP) is 3.35. The predicted molar refractivity (Wildman–Crippen MR) is 96.6 cm³/mol. The van der Waals surface area contributed by atoms with Gasteiger partial charge in [0.2, 0.25) is 5.91 Å². The van der Waals surface area contributed by atoms with E-state index in [1.165, 1.54) is 5.69 Å². The van der Waals surface area contributed by atoms with Crippen molar-refractivity contribution in [3.05, 3.63) is 24.3 Å². The minimum absolute atomic E-state index is 0.119. The van der Waals surface area contributed by atoms with E-state index in [9.17, 15) is 4.79 Å². The number of hydrogen-bond donors (Lipinski definition) is 1. The molecule has 1 saturated carbocycles. The minimum Gasteiger partial charge on any atom is -0.369 e. The summed E-state index contributed by atoms with van der Waals surface area (Å²) in [6.45, 7) is 9.38. The van der Waals surface area contributed by atoms with Crippen molar-refractivity contribution in [2.45, 2.75) is 24.6 Å². The molecule has 126 valence electrons. The summed E-state index contributed by atoms with van der Waals surface area (Å²) in [6, 6.07) is 7.99. The van der Waals surface area contributed by atoms with E-state index in [1.807, 2.05) is 12.1 Å². The lowest BCUT2D eigenvalue weighted by Crippen LogP contribution is -2.46. The van der Waals surface area contributed by atoms with Crippen molar-refractivity contribution in [1.82, 2.24) is 4.90 Å². The number of amides is 1. The molecule has 6 heteroatoms. The van der Waals surface area contributed by atoms with Crippen LogP contribution in [-0.2, 0) is 4.79 Å². The fourth-order valence-corrected chi connectivity index (χ4v) is 3.70. The van der Waals surface area contributed by atoms with E-state index in [0.717, 1.165) is 38.4 Å². The molecule has 0 radical (unpaired) electrons. The highest BCUT2D eigenvalue weighted by atomic mass is 35.5. The molecule has 0 spiro atoms. The number of benzene rings is 1. The number of likely N-dealkylation sites (N-methyl/N-ethyl adjacent to an activating group) is 1. The molecule has 1 saturated heterocycles. The molecule has 4 nitrogen and oxygen atoms in total. The molecule has 0 aromatic heterocycles. The number of piperazine rings is 1. The van der Waals surface area contributed by atoms with Gasteiger partial charge in [-0.3, -0.25) is 4.79 Å². The van der Waals surface area contributed by atoms with Crippen LogP contribution >= 0.6 is 23.2 Å². The van der Waals surface area contributed by atoms with Gasteiger partial charge < -0.3 is 15.1 Å². The second-order valence-electron chi connectivity index (χ2n) is 6.64. The van der Waals surface area contributed by atoms with Crippen LogP contribution in [0.5, 0.6) is 0 Å². The first-order valence-corrected chi connectivity index (χ1v) is 8.88. The van der Waals surface area contributed by atoms with Crippen LogP contribution in [0.3, 0.4) is 0 Å². The Morgan fingerprint density at radius 2 is 1.74 bits per heavy atom. The molecular weight excluding hydrogens is 333 g/mol. The number of hydrogen-bond acceptors (Lipinski definition) is 3. The summed E-state index contributed by atoms with van der Waals surface area (Å²) >= 11 is 12.1. The number of carbonyl (C=O) groups excluding carboxylic acids is 1. The van der Waals surface area contributed by atoms with Crippen molar-refractivity contribution in [1.29, 1.82) is 0 Å². The molecule has 2 fully saturated rings. The number of rotatable bonds is 4. The van der Waals surface area contributed by atoms with Gasteiger partial charge in [0.1, 0.15) is 4.33 Å². The molecule has 3 rings (SSSR count). The molecule has 1 heterocycles. The van der Waals surface area contributed by atoms with Gasteiger partial charge in [0.05, 0.1) is 5.41 Å². The molecule has 1 aromatic carbocycles. The third-order valence-electron chi connectivity index (χ3n) is 5.07. The monoisotopic (exact) mass is 355 g/mol. The van der Waals surface area contributed by atoms with Crippen LogP contribution in [0.2, 0.25) is 0 Å². The van der Waals surface area contributed by atoms with Crippen LogP contribution in [0, 0.1) is 5.41 Å². The van der Waals surface area contributed by atoms with Crippen molar-refractivity contribution in [3.63, 3.8) is 0 Å². The molecule has 1 amide bonds. The highest BCUT2D eigenvalue weighted by Gasteiger charge is 2.67. The van der Waals surface area contributed by atoms with Crippen molar-refractivity contribution < 1.29 is 4.79 Å². The second-order valence-corrected chi connectivity index (χ2v) is 8.12. The standard InChI is InChI=1S/C17H23Cl2N3O/c1-3-21-8-10-22(11-9-21)14-6-4-13(5-7-14)20-15(23)16(2)12-17(16,18)19/h4-7H,3,8-12H2,1-2H3,(H,20,23)/t16-/m1/s1. The van der Waals surface area contributed by atoms with Crippen molar-refractivity contribution in [2.24, 2.45) is 5.41 Å². The zero-order chi connectivity index (χ0) is 16.7. The molecule has 1 N–H and O–H groups in total. The zero-order valence-corrected chi connectivity index (χ0v) is 15.1. The average molecular weight is 356 g/mol. The molecule has 1 aliphatic heterocycles. The lowest BCUT2D eigenvalue weighted by molar-refractivity contribution is -0.120. The third kappa shape index (κ3) is 3.30. The normalized spacial score (nSPS) is 26.9. The number of nitrogens with zero attached hydrogens (tertiary/aromatic N) is 2. The summed E-state index contributed by atoms with van der Waals surface area (Å²) in [5.74, 6) is -0.119. The lowest BCUT2D eigenvalue weighted by Gasteiger charge is -2.35. The molecule has 0 bridgehead atoms. The Kier molecular flexibility index (Phi) is 4.51. The molecule has 2 aliphatic rings. The van der Waals surface area contributed by atoms with Gasteiger partial charge >= 0.3 is 0 Å². The molecular formula is C17H23Cl2N3O. The second kappa shape index (κ2) is 6.15. The topological polar surface area (TPSA) is 35.6 Å². The van der Waals surface area contributed by atoms with Crippen LogP contribution < -0.4 is 10.2 Å². The van der Waals surface area contributed by atoms with Gasteiger partial charge in [0, 0.05) is 37.6 Å². The molecule has 23 heavy (non-hydrogen) atoms. The minimum atomic E-state index is -0.935. The van der Waals surface area contributed by atoms with Crippen LogP contribution in [0.15, 0.2) is 24.3 Å². The maximum atomic E-state index is 12.3. The number of anilines is 2. The van der Waals surface area contributed by atoms with Crippen LogP contribution in [0.25, 0.3) is 0 Å². The van der Waals surface area contributed by atoms with Gasteiger partial charge in [-0.05, 0) is 44.2 Å². The van der Waals surface area contributed by atoms with Crippen LogP contribution in [0.1, 0.15) is 20.3 Å². The summed E-state index contributed by atoms with van der Waals surface area (Å²) < 4.78 is -0.935. The van der Waals surface area contributed by atoms with Crippen molar-refractivity contribution in [2.75, 3.05) is 42.9 Å². The Morgan fingerprint density at radius 1 is 1.17 bits per heavy atom. The summed E-state index contributed by atoms with van der Waals surface area (Å²) in [4.78, 5) is 17.1. The first kappa shape index (κ1) is 16.9. The summed E-state index contributed by atoms with van der Waals surface area (Å²) in [6.07, 6.45) is 0.495. The Bertz CT molecular complexity index is 582. The van der Waals surface area contributed by atoms with Gasteiger partial charge in [-0.25, -0.2) is 0 Å². The van der Waals surface area contributed by atoms with Crippen LogP contribution in [-0.4, -0.2) is 47.9 Å². The van der Waals surface area contributed by atoms with E-state index in [2.05, 4.69) is 34.2 Å². The fraction of sp³-hybridized carbons (Fsp3) is 0.588. The Labute approximate surface area is 147 Å². The maximum absolute atomic E-state index is 12.3. The van der Waals surface area contributed by atoms with Gasteiger partial charge in [-0.2, -0.15) is 0 Å². The number of halogens is 2. The van der Waals surface area contributed by atoms with Crippen molar-refractivity contribution >= 4 is 40.5 Å². The van der Waals surface area contributed by atoms with Gasteiger partial charge in [0.25, 0.3) is 0 Å². The Morgan fingerprint density at radius 3 is 2.22 bits per heavy atom. The first-order valence-electron chi connectivity index (χ1n) is 8.12. The number of nitrogens with one attached hydrogen (secondary N) is 1. The maximum Gasteiger partial charge on any atom is 0.233 e. The SMILES string of the molecule is CCN1CCN(c2ccc(NC(=O)[C@@]3(C)CC3(Cl)Cl)cc2)CC1. The third-order valence-corrected chi connectivity index (χ3v) is 6.17. The highest BCUT2D eigenvalue weighted by molar-refractivity contribution is 6.53. The van der Waals surface area contributed by atoms with E-state index in [-0.39, 0.29) is 5.91 Å². The van der Waals surface area contributed by atoms with Gasteiger partial charge in [0.15, 0.2) is 0 Å². The van der Waals surface area contributed by atoms with E-state index in [0.29, 0.717) is 6.42 Å². The van der Waals surface area contributed by atoms with E-state index in [4.69, 9.17) is 23.2 Å². The van der Waals surface area contributed by atoms with Crippen molar-refractivity contribution in [3.8, 4) is 0 Å². The molecule has 1 atom stereocenters. The Hall–Kier alpha value is -0.970. The number of alkyl halides is 2. The summed E-state index contributed by atoms with van der Waals surface area (Å²) in [5, 5.41) is 2.91. The van der Waals surface area contributed by atoms with E-state index < -0.39 is 9.75 Å². The quantitative estimate of drug-likeness (QED) is 0.841. The highest BCUT2D eigenvalue weighted by Crippen LogP contribution is 2.64. The van der Waals surface area contributed by atoms with E-state index >= 15 is 0 Å². The molecule has 0 unspecified atom stereocenters. The Balaban J connectivity index is 1.59. The average Bonchev–Trinajstić information content (AvgIpc) is 3.08. The largest absolute Gasteiger partial charge is 0.369 e. The van der Waals surface area contributed by atoms with Gasteiger partial charge in [-0.15, -0.1) is 23.2 Å².